The molecule has 1 aromatic rings. The van der Waals surface area contributed by atoms with Crippen LogP contribution in [0.2, 0.25) is 0 Å². The van der Waals surface area contributed by atoms with Crippen LogP contribution in [0.25, 0.3) is 0 Å². The molecule has 1 aliphatic rings. The van der Waals surface area contributed by atoms with Gasteiger partial charge in [-0.1, -0.05) is 0 Å². The Kier molecular flexibility index (Phi) is 4.65. The SMILES string of the molecule is Cc1ccc(CNC(=O)N2CCC(CCC(=O)O)C2)o1. The summed E-state index contributed by atoms with van der Waals surface area (Å²) in [5, 5.41) is 11.5. The fourth-order valence-corrected chi connectivity index (χ4v) is 2.44. The third-order valence-corrected chi connectivity index (χ3v) is 3.55. The van der Waals surface area contributed by atoms with Crippen molar-refractivity contribution in [2.24, 2.45) is 5.92 Å². The molecule has 1 fully saturated rings. The Labute approximate surface area is 117 Å². The van der Waals surface area contributed by atoms with E-state index in [2.05, 4.69) is 5.32 Å². The second-order valence-electron chi connectivity index (χ2n) is 5.20. The third-order valence-electron chi connectivity index (χ3n) is 3.55. The van der Waals surface area contributed by atoms with Gasteiger partial charge < -0.3 is 19.7 Å². The number of hydrogen-bond acceptors (Lipinski definition) is 3. The van der Waals surface area contributed by atoms with Crippen molar-refractivity contribution in [3.8, 4) is 0 Å². The van der Waals surface area contributed by atoms with Crippen LogP contribution in [0.5, 0.6) is 0 Å². The van der Waals surface area contributed by atoms with Crippen LogP contribution < -0.4 is 5.32 Å². The molecule has 2 heterocycles. The molecule has 2 amide bonds. The first-order chi connectivity index (χ1) is 9.54. The van der Waals surface area contributed by atoms with Gasteiger partial charge in [0.1, 0.15) is 11.5 Å². The molecule has 0 aromatic carbocycles. The Hall–Kier alpha value is -1.98. The van der Waals surface area contributed by atoms with Crippen molar-refractivity contribution < 1.29 is 19.1 Å². The smallest absolute Gasteiger partial charge is 0.317 e. The maximum atomic E-state index is 12.0. The van der Waals surface area contributed by atoms with Crippen LogP contribution in [0.4, 0.5) is 4.79 Å². The molecule has 6 heteroatoms. The Morgan fingerprint density at radius 3 is 2.95 bits per heavy atom. The molecule has 0 saturated carbocycles. The van der Waals surface area contributed by atoms with Crippen LogP contribution >= 0.6 is 0 Å². The topological polar surface area (TPSA) is 82.8 Å². The second-order valence-corrected chi connectivity index (χ2v) is 5.20. The Morgan fingerprint density at radius 2 is 2.30 bits per heavy atom. The van der Waals surface area contributed by atoms with Crippen LogP contribution in [0.15, 0.2) is 16.5 Å². The number of carbonyl (C=O) groups is 2. The van der Waals surface area contributed by atoms with Crippen molar-refractivity contribution in [1.82, 2.24) is 10.2 Å². The van der Waals surface area contributed by atoms with Crippen molar-refractivity contribution in [3.63, 3.8) is 0 Å². The highest BCUT2D eigenvalue weighted by molar-refractivity contribution is 5.74. The number of carboxylic acids is 1. The molecular formula is C14H20N2O4. The molecule has 2 N–H and O–H groups in total. The molecule has 0 bridgehead atoms. The van der Waals surface area contributed by atoms with E-state index in [4.69, 9.17) is 9.52 Å². The summed E-state index contributed by atoms with van der Waals surface area (Å²) in [5.41, 5.74) is 0. The molecule has 20 heavy (non-hydrogen) atoms. The standard InChI is InChI=1S/C14H20N2O4/c1-10-2-4-12(20-10)8-15-14(19)16-7-6-11(9-16)3-5-13(17)18/h2,4,11H,3,5-9H2,1H3,(H,15,19)(H,17,18). The van der Waals surface area contributed by atoms with Crippen molar-refractivity contribution >= 4 is 12.0 Å². The molecule has 1 aliphatic heterocycles. The highest BCUT2D eigenvalue weighted by Crippen LogP contribution is 2.21. The van der Waals surface area contributed by atoms with Crippen LogP contribution in [-0.2, 0) is 11.3 Å². The predicted molar refractivity (Wildman–Crippen MR) is 72.2 cm³/mol. The van der Waals surface area contributed by atoms with Crippen molar-refractivity contribution in [2.75, 3.05) is 13.1 Å². The van der Waals surface area contributed by atoms with Gasteiger partial charge in [0.2, 0.25) is 0 Å². The van der Waals surface area contributed by atoms with Gasteiger partial charge in [-0.05, 0) is 37.8 Å². The van der Waals surface area contributed by atoms with E-state index in [-0.39, 0.29) is 12.5 Å². The zero-order valence-electron chi connectivity index (χ0n) is 11.6. The monoisotopic (exact) mass is 280 g/mol. The number of carboxylic acid groups (broad SMARTS) is 1. The first-order valence-electron chi connectivity index (χ1n) is 6.84. The lowest BCUT2D eigenvalue weighted by Gasteiger charge is -2.16. The molecule has 0 spiro atoms. The first kappa shape index (κ1) is 14.4. The molecule has 0 aliphatic carbocycles. The first-order valence-corrected chi connectivity index (χ1v) is 6.84. The van der Waals surface area contributed by atoms with Gasteiger partial charge in [-0.3, -0.25) is 4.79 Å². The van der Waals surface area contributed by atoms with Gasteiger partial charge in [0, 0.05) is 19.5 Å². The summed E-state index contributed by atoms with van der Waals surface area (Å²) >= 11 is 0. The number of hydrogen-bond donors (Lipinski definition) is 2. The van der Waals surface area contributed by atoms with E-state index < -0.39 is 5.97 Å². The van der Waals surface area contributed by atoms with Gasteiger partial charge in [-0.25, -0.2) is 4.79 Å². The van der Waals surface area contributed by atoms with Crippen molar-refractivity contribution in [1.29, 1.82) is 0 Å². The maximum absolute atomic E-state index is 12.0. The summed E-state index contributed by atoms with van der Waals surface area (Å²) < 4.78 is 5.38. The minimum Gasteiger partial charge on any atom is -0.481 e. The Morgan fingerprint density at radius 1 is 1.50 bits per heavy atom. The molecule has 1 unspecified atom stereocenters. The lowest BCUT2D eigenvalue weighted by atomic mass is 10.0. The summed E-state index contributed by atoms with van der Waals surface area (Å²) in [7, 11) is 0. The molecule has 6 nitrogen and oxygen atoms in total. The fourth-order valence-electron chi connectivity index (χ4n) is 2.44. The van der Waals surface area contributed by atoms with Crippen molar-refractivity contribution in [3.05, 3.63) is 23.7 Å². The number of rotatable bonds is 5. The Balaban J connectivity index is 1.72. The number of furan rings is 1. The van der Waals surface area contributed by atoms with Gasteiger partial charge in [0.05, 0.1) is 6.54 Å². The summed E-state index contributed by atoms with van der Waals surface area (Å²) in [5.74, 6) is 1.07. The van der Waals surface area contributed by atoms with Crippen molar-refractivity contribution in [2.45, 2.75) is 32.7 Å². The van der Waals surface area contributed by atoms with Gasteiger partial charge in [0.25, 0.3) is 0 Å². The molecule has 1 saturated heterocycles. The van der Waals surface area contributed by atoms with E-state index in [0.29, 0.717) is 32.0 Å². The number of urea groups is 1. The van der Waals surface area contributed by atoms with Crippen LogP contribution in [0, 0.1) is 12.8 Å². The zero-order valence-corrected chi connectivity index (χ0v) is 11.6. The van der Waals surface area contributed by atoms with E-state index in [0.717, 1.165) is 17.9 Å². The summed E-state index contributed by atoms with van der Waals surface area (Å²) in [6.45, 7) is 3.56. The summed E-state index contributed by atoms with van der Waals surface area (Å²) in [4.78, 5) is 24.2. The quantitative estimate of drug-likeness (QED) is 0.864. The van der Waals surface area contributed by atoms with E-state index in [1.165, 1.54) is 0 Å². The number of nitrogens with one attached hydrogen (secondary N) is 1. The third kappa shape index (κ3) is 4.01. The normalized spacial score (nSPS) is 18.2. The van der Waals surface area contributed by atoms with E-state index in [1.54, 1.807) is 4.90 Å². The molecule has 2 rings (SSSR count). The number of carbonyl (C=O) groups excluding carboxylic acids is 1. The average Bonchev–Trinajstić information content (AvgIpc) is 3.02. The largest absolute Gasteiger partial charge is 0.481 e. The number of likely N-dealkylation sites (tertiary alicyclic amines) is 1. The van der Waals surface area contributed by atoms with E-state index in [1.807, 2.05) is 19.1 Å². The highest BCUT2D eigenvalue weighted by atomic mass is 16.4. The van der Waals surface area contributed by atoms with Gasteiger partial charge >= 0.3 is 12.0 Å². The second kappa shape index (κ2) is 6.45. The fraction of sp³-hybridized carbons (Fsp3) is 0.571. The molecule has 110 valence electrons. The lowest BCUT2D eigenvalue weighted by Crippen LogP contribution is -2.38. The van der Waals surface area contributed by atoms with E-state index in [9.17, 15) is 9.59 Å². The Bertz CT molecular complexity index is 483. The van der Waals surface area contributed by atoms with Crippen LogP contribution in [-0.4, -0.2) is 35.1 Å². The molecule has 0 radical (unpaired) electrons. The molecule has 1 aromatic heterocycles. The summed E-state index contributed by atoms with van der Waals surface area (Å²) in [6, 6.07) is 3.59. The molecule has 1 atom stereocenters. The lowest BCUT2D eigenvalue weighted by molar-refractivity contribution is -0.137. The zero-order chi connectivity index (χ0) is 14.5. The van der Waals surface area contributed by atoms with Crippen LogP contribution in [0.1, 0.15) is 30.8 Å². The van der Waals surface area contributed by atoms with Gasteiger partial charge in [0.15, 0.2) is 0 Å². The molecular weight excluding hydrogens is 260 g/mol. The number of nitrogens with zero attached hydrogens (tertiary/aromatic N) is 1. The minimum absolute atomic E-state index is 0.114. The van der Waals surface area contributed by atoms with Gasteiger partial charge in [-0.15, -0.1) is 0 Å². The van der Waals surface area contributed by atoms with Gasteiger partial charge in [-0.2, -0.15) is 0 Å². The highest BCUT2D eigenvalue weighted by Gasteiger charge is 2.26. The summed E-state index contributed by atoms with van der Waals surface area (Å²) in [6.07, 6.45) is 1.68. The van der Waals surface area contributed by atoms with Crippen LogP contribution in [0.3, 0.4) is 0 Å². The minimum atomic E-state index is -0.777. The number of aryl methyl sites for hydroxylation is 1. The number of aliphatic carboxylic acids is 1. The average molecular weight is 280 g/mol. The number of amides is 2. The van der Waals surface area contributed by atoms with E-state index >= 15 is 0 Å². The predicted octanol–water partition coefficient (Wildman–Crippen LogP) is 1.98. The maximum Gasteiger partial charge on any atom is 0.317 e.